The van der Waals surface area contributed by atoms with Gasteiger partial charge in [-0.2, -0.15) is 0 Å². The van der Waals surface area contributed by atoms with Gasteiger partial charge in [-0.05, 0) is 43.2 Å². The molecule has 1 fully saturated rings. The fourth-order valence-corrected chi connectivity index (χ4v) is 3.68. The van der Waals surface area contributed by atoms with E-state index in [4.69, 9.17) is 4.74 Å². The summed E-state index contributed by atoms with van der Waals surface area (Å²) in [7, 11) is 0. The third-order valence-corrected chi connectivity index (χ3v) is 4.93. The zero-order valence-electron chi connectivity index (χ0n) is 11.2. The van der Waals surface area contributed by atoms with Crippen molar-refractivity contribution in [3.63, 3.8) is 0 Å². The molecule has 104 valence electrons. The summed E-state index contributed by atoms with van der Waals surface area (Å²) in [5.74, 6) is -0.00262. The van der Waals surface area contributed by atoms with Crippen molar-refractivity contribution in [2.75, 3.05) is 19.7 Å². The Morgan fingerprint density at radius 3 is 3.21 bits per heavy atom. The van der Waals surface area contributed by atoms with E-state index in [2.05, 4.69) is 22.1 Å². The van der Waals surface area contributed by atoms with E-state index in [1.165, 1.54) is 10.4 Å². The Morgan fingerprint density at radius 1 is 1.63 bits per heavy atom. The molecule has 1 aromatic heterocycles. The zero-order valence-corrected chi connectivity index (χ0v) is 12.0. The molecular formula is C14H20N2O2S. The Bertz CT molecular complexity index is 468. The predicted octanol–water partition coefficient (Wildman–Crippen LogP) is 1.62. The van der Waals surface area contributed by atoms with Gasteiger partial charge in [0.2, 0.25) is 5.91 Å². The molecule has 0 radical (unpaired) electrons. The molecule has 0 saturated carbocycles. The highest BCUT2D eigenvalue weighted by molar-refractivity contribution is 7.10. The van der Waals surface area contributed by atoms with E-state index in [1.807, 2.05) is 6.92 Å². The van der Waals surface area contributed by atoms with Crippen LogP contribution in [-0.2, 0) is 16.0 Å². The summed E-state index contributed by atoms with van der Waals surface area (Å²) in [6.45, 7) is 3.86. The largest absolute Gasteiger partial charge is 0.363 e. The van der Waals surface area contributed by atoms with Crippen LogP contribution in [0.3, 0.4) is 0 Å². The van der Waals surface area contributed by atoms with Crippen molar-refractivity contribution in [2.24, 2.45) is 0 Å². The van der Waals surface area contributed by atoms with Gasteiger partial charge in [-0.1, -0.05) is 0 Å². The summed E-state index contributed by atoms with van der Waals surface area (Å²) in [5.41, 5.74) is 1.15. The summed E-state index contributed by atoms with van der Waals surface area (Å²) in [6.07, 6.45) is 3.34. The van der Waals surface area contributed by atoms with Gasteiger partial charge in [-0.25, -0.2) is 0 Å². The van der Waals surface area contributed by atoms with Crippen LogP contribution >= 0.6 is 11.3 Å². The molecule has 1 aliphatic heterocycles. The number of ether oxygens (including phenoxy) is 1. The Labute approximate surface area is 117 Å². The molecule has 1 saturated heterocycles. The SMILES string of the molecule is CC1(OCC(=O)NC2CCCc3sccc32)CNC1. The third-order valence-electron chi connectivity index (χ3n) is 3.94. The number of hydrogen-bond donors (Lipinski definition) is 2. The molecule has 4 nitrogen and oxygen atoms in total. The van der Waals surface area contributed by atoms with E-state index in [9.17, 15) is 4.79 Å². The maximum Gasteiger partial charge on any atom is 0.246 e. The van der Waals surface area contributed by atoms with Crippen molar-refractivity contribution in [3.05, 3.63) is 21.9 Å². The van der Waals surface area contributed by atoms with E-state index in [0.29, 0.717) is 0 Å². The van der Waals surface area contributed by atoms with Crippen molar-refractivity contribution < 1.29 is 9.53 Å². The average molecular weight is 280 g/mol. The molecular weight excluding hydrogens is 260 g/mol. The van der Waals surface area contributed by atoms with Gasteiger partial charge in [0.15, 0.2) is 0 Å². The van der Waals surface area contributed by atoms with Crippen molar-refractivity contribution in [1.29, 1.82) is 0 Å². The highest BCUT2D eigenvalue weighted by Gasteiger charge is 2.33. The van der Waals surface area contributed by atoms with Gasteiger partial charge in [0.25, 0.3) is 0 Å². The van der Waals surface area contributed by atoms with Crippen molar-refractivity contribution in [1.82, 2.24) is 10.6 Å². The molecule has 1 aromatic rings. The lowest BCUT2D eigenvalue weighted by Crippen LogP contribution is -2.59. The molecule has 1 amide bonds. The van der Waals surface area contributed by atoms with Crippen LogP contribution < -0.4 is 10.6 Å². The molecule has 2 heterocycles. The standard InChI is InChI=1S/C14H20N2O2S/c1-14(8-15-9-14)18-7-13(17)16-11-3-2-4-12-10(11)5-6-19-12/h5-6,11,15H,2-4,7-9H2,1H3,(H,16,17). The maximum absolute atomic E-state index is 12.0. The second-order valence-electron chi connectivity index (χ2n) is 5.65. The van der Waals surface area contributed by atoms with Gasteiger partial charge in [-0.3, -0.25) is 4.79 Å². The number of carbonyl (C=O) groups excluding carboxylic acids is 1. The lowest BCUT2D eigenvalue weighted by atomic mass is 9.94. The number of amides is 1. The maximum atomic E-state index is 12.0. The summed E-state index contributed by atoms with van der Waals surface area (Å²) >= 11 is 1.80. The quantitative estimate of drug-likeness (QED) is 0.881. The van der Waals surface area contributed by atoms with Crippen LogP contribution in [-0.4, -0.2) is 31.2 Å². The van der Waals surface area contributed by atoms with Gasteiger partial charge < -0.3 is 15.4 Å². The van der Waals surface area contributed by atoms with Gasteiger partial charge in [0.05, 0.1) is 11.6 Å². The molecule has 2 N–H and O–H groups in total. The van der Waals surface area contributed by atoms with Crippen LogP contribution in [0.4, 0.5) is 0 Å². The molecule has 2 aliphatic rings. The fraction of sp³-hybridized carbons (Fsp3) is 0.643. The molecule has 3 rings (SSSR count). The lowest BCUT2D eigenvalue weighted by Gasteiger charge is -2.38. The summed E-state index contributed by atoms with van der Waals surface area (Å²) < 4.78 is 5.67. The van der Waals surface area contributed by atoms with Crippen molar-refractivity contribution >= 4 is 17.2 Å². The Kier molecular flexibility index (Phi) is 3.60. The first-order valence-electron chi connectivity index (χ1n) is 6.87. The van der Waals surface area contributed by atoms with Crippen LogP contribution in [0, 0.1) is 0 Å². The van der Waals surface area contributed by atoms with Gasteiger partial charge in [0.1, 0.15) is 6.61 Å². The summed E-state index contributed by atoms with van der Waals surface area (Å²) in [4.78, 5) is 13.4. The smallest absolute Gasteiger partial charge is 0.246 e. The fourth-order valence-electron chi connectivity index (χ4n) is 2.69. The van der Waals surface area contributed by atoms with Crippen molar-refractivity contribution in [3.8, 4) is 0 Å². The highest BCUT2D eigenvalue weighted by atomic mass is 32.1. The number of carbonyl (C=O) groups is 1. The molecule has 19 heavy (non-hydrogen) atoms. The van der Waals surface area contributed by atoms with Crippen LogP contribution in [0.5, 0.6) is 0 Å². The number of aryl methyl sites for hydroxylation is 1. The second-order valence-corrected chi connectivity index (χ2v) is 6.65. The minimum Gasteiger partial charge on any atom is -0.363 e. The van der Waals surface area contributed by atoms with E-state index in [0.717, 1.165) is 32.4 Å². The monoisotopic (exact) mass is 280 g/mol. The third kappa shape index (κ3) is 2.83. The second kappa shape index (κ2) is 5.23. The molecule has 1 atom stereocenters. The van der Waals surface area contributed by atoms with Crippen LogP contribution in [0.1, 0.15) is 36.2 Å². The Hall–Kier alpha value is -0.910. The summed E-state index contributed by atoms with van der Waals surface area (Å²) in [5, 5.41) is 8.38. The first-order valence-corrected chi connectivity index (χ1v) is 7.75. The number of rotatable bonds is 4. The molecule has 1 unspecified atom stereocenters. The van der Waals surface area contributed by atoms with E-state index >= 15 is 0 Å². The van der Waals surface area contributed by atoms with E-state index in [-0.39, 0.29) is 24.2 Å². The average Bonchev–Trinajstić information content (AvgIpc) is 2.83. The van der Waals surface area contributed by atoms with Gasteiger partial charge >= 0.3 is 0 Å². The van der Waals surface area contributed by atoms with Gasteiger partial charge in [0, 0.05) is 18.0 Å². The predicted molar refractivity (Wildman–Crippen MR) is 75.4 cm³/mol. The zero-order chi connectivity index (χ0) is 13.3. The number of fused-ring (bicyclic) bond motifs is 1. The minimum atomic E-state index is -0.155. The highest BCUT2D eigenvalue weighted by Crippen LogP contribution is 2.33. The number of hydrogen-bond acceptors (Lipinski definition) is 4. The number of nitrogens with one attached hydrogen (secondary N) is 2. The molecule has 0 aromatic carbocycles. The van der Waals surface area contributed by atoms with E-state index < -0.39 is 0 Å². The molecule has 1 aliphatic carbocycles. The minimum absolute atomic E-state index is 0.00262. The van der Waals surface area contributed by atoms with E-state index in [1.54, 1.807) is 11.3 Å². The lowest BCUT2D eigenvalue weighted by molar-refractivity contribution is -0.136. The molecule has 0 spiro atoms. The van der Waals surface area contributed by atoms with Gasteiger partial charge in [-0.15, -0.1) is 11.3 Å². The number of thiophene rings is 1. The summed E-state index contributed by atoms with van der Waals surface area (Å²) in [6, 6.07) is 2.32. The Balaban J connectivity index is 1.53. The van der Waals surface area contributed by atoms with Crippen LogP contribution in [0.25, 0.3) is 0 Å². The van der Waals surface area contributed by atoms with Crippen LogP contribution in [0.2, 0.25) is 0 Å². The first-order chi connectivity index (χ1) is 9.16. The van der Waals surface area contributed by atoms with Crippen molar-refractivity contribution in [2.45, 2.75) is 37.8 Å². The van der Waals surface area contributed by atoms with Crippen LogP contribution in [0.15, 0.2) is 11.4 Å². The normalized spacial score (nSPS) is 24.4. The first kappa shape index (κ1) is 13.1. The molecule has 5 heteroatoms. The topological polar surface area (TPSA) is 50.4 Å². The molecule has 0 bridgehead atoms. The Morgan fingerprint density at radius 2 is 2.47 bits per heavy atom.